The lowest BCUT2D eigenvalue weighted by Gasteiger charge is -2.29. The van der Waals surface area contributed by atoms with E-state index in [1.165, 1.54) is 21.2 Å². The van der Waals surface area contributed by atoms with Crippen molar-refractivity contribution in [3.8, 4) is 0 Å². The van der Waals surface area contributed by atoms with Crippen LogP contribution in [0.3, 0.4) is 0 Å². The summed E-state index contributed by atoms with van der Waals surface area (Å²) in [5.74, 6) is -0.930. The molecule has 0 aliphatic carbocycles. The van der Waals surface area contributed by atoms with E-state index in [0.29, 0.717) is 12.2 Å². The molecule has 0 bridgehead atoms. The van der Waals surface area contributed by atoms with E-state index in [1.54, 1.807) is 6.08 Å². The zero-order valence-electron chi connectivity index (χ0n) is 20.1. The van der Waals surface area contributed by atoms with Gasteiger partial charge in [-0.05, 0) is 65.3 Å². The summed E-state index contributed by atoms with van der Waals surface area (Å²) in [5.41, 5.74) is 4.58. The number of hydrogen-bond donors (Lipinski definition) is 1. The van der Waals surface area contributed by atoms with E-state index in [-0.39, 0.29) is 10.7 Å². The SMILES string of the molecule is Cc1ccccc1N1C(=O)/C(=C/c2cn(Cc3ccc4ccccc4c3)c3ccccc23)C(=O)NC1=S. The van der Waals surface area contributed by atoms with Crippen LogP contribution in [-0.2, 0) is 16.1 Å². The highest BCUT2D eigenvalue weighted by Crippen LogP contribution is 2.29. The Labute approximate surface area is 219 Å². The van der Waals surface area contributed by atoms with Crippen molar-refractivity contribution < 1.29 is 9.59 Å². The Balaban J connectivity index is 1.41. The number of carbonyl (C=O) groups is 2. The Bertz CT molecular complexity index is 1770. The fraction of sp³-hybridized carbons (Fsp3) is 0.0645. The van der Waals surface area contributed by atoms with E-state index in [2.05, 4.69) is 46.3 Å². The van der Waals surface area contributed by atoms with Gasteiger partial charge in [0.1, 0.15) is 5.57 Å². The molecule has 180 valence electrons. The van der Waals surface area contributed by atoms with Gasteiger partial charge in [0.25, 0.3) is 11.8 Å². The second-order valence-corrected chi connectivity index (χ2v) is 9.54. The number of benzene rings is 4. The van der Waals surface area contributed by atoms with Crippen LogP contribution in [-0.4, -0.2) is 21.5 Å². The van der Waals surface area contributed by atoms with Gasteiger partial charge in [-0.1, -0.05) is 72.8 Å². The highest BCUT2D eigenvalue weighted by atomic mass is 32.1. The van der Waals surface area contributed by atoms with Gasteiger partial charge in [-0.15, -0.1) is 0 Å². The van der Waals surface area contributed by atoms with Gasteiger partial charge in [0.2, 0.25) is 0 Å². The number of amides is 2. The van der Waals surface area contributed by atoms with Crippen LogP contribution in [0.1, 0.15) is 16.7 Å². The van der Waals surface area contributed by atoms with Gasteiger partial charge in [-0.3, -0.25) is 19.8 Å². The molecule has 1 fully saturated rings. The Hall–Kier alpha value is -4.55. The monoisotopic (exact) mass is 501 g/mol. The van der Waals surface area contributed by atoms with Crippen LogP contribution in [0, 0.1) is 6.92 Å². The minimum atomic E-state index is -0.494. The molecule has 2 heterocycles. The predicted molar refractivity (Wildman–Crippen MR) is 152 cm³/mol. The van der Waals surface area contributed by atoms with Crippen LogP contribution < -0.4 is 10.2 Å². The number of para-hydroxylation sites is 2. The Morgan fingerprint density at radius 3 is 2.43 bits per heavy atom. The predicted octanol–water partition coefficient (Wildman–Crippen LogP) is 5.98. The molecule has 0 atom stereocenters. The molecule has 5 aromatic rings. The van der Waals surface area contributed by atoms with Crippen molar-refractivity contribution in [2.24, 2.45) is 0 Å². The van der Waals surface area contributed by atoms with Crippen molar-refractivity contribution in [1.29, 1.82) is 0 Å². The number of thiocarbonyl (C=S) groups is 1. The molecule has 0 radical (unpaired) electrons. The first-order valence-electron chi connectivity index (χ1n) is 12.0. The summed E-state index contributed by atoms with van der Waals surface area (Å²) in [6.45, 7) is 2.57. The molecule has 5 nitrogen and oxygen atoms in total. The van der Waals surface area contributed by atoms with E-state index in [4.69, 9.17) is 12.2 Å². The van der Waals surface area contributed by atoms with Crippen molar-refractivity contribution in [3.05, 3.63) is 119 Å². The molecule has 37 heavy (non-hydrogen) atoms. The van der Waals surface area contributed by atoms with Crippen LogP contribution in [0.2, 0.25) is 0 Å². The average Bonchev–Trinajstić information content (AvgIpc) is 3.24. The largest absolute Gasteiger partial charge is 0.342 e. The second kappa shape index (κ2) is 9.15. The summed E-state index contributed by atoms with van der Waals surface area (Å²) in [6, 6.07) is 30.2. The van der Waals surface area contributed by atoms with Gasteiger partial charge in [0, 0.05) is 29.2 Å². The molecule has 1 N–H and O–H groups in total. The number of hydrogen-bond acceptors (Lipinski definition) is 3. The fourth-order valence-electron chi connectivity index (χ4n) is 4.90. The van der Waals surface area contributed by atoms with Gasteiger partial charge in [0.05, 0.1) is 5.69 Å². The first-order chi connectivity index (χ1) is 18.0. The van der Waals surface area contributed by atoms with Gasteiger partial charge < -0.3 is 4.57 Å². The Morgan fingerprint density at radius 1 is 0.865 bits per heavy atom. The number of nitrogens with one attached hydrogen (secondary N) is 1. The summed E-state index contributed by atoms with van der Waals surface area (Å²) in [4.78, 5) is 27.9. The number of rotatable bonds is 4. The van der Waals surface area contributed by atoms with E-state index in [9.17, 15) is 9.59 Å². The summed E-state index contributed by atoms with van der Waals surface area (Å²) >= 11 is 5.37. The van der Waals surface area contributed by atoms with Gasteiger partial charge >= 0.3 is 0 Å². The highest BCUT2D eigenvalue weighted by molar-refractivity contribution is 7.80. The number of anilines is 1. The normalized spacial score (nSPS) is 15.1. The highest BCUT2D eigenvalue weighted by Gasteiger charge is 2.35. The molecule has 6 rings (SSSR count). The maximum absolute atomic E-state index is 13.6. The molecule has 0 unspecified atom stereocenters. The zero-order chi connectivity index (χ0) is 25.5. The quantitative estimate of drug-likeness (QED) is 0.187. The smallest absolute Gasteiger partial charge is 0.270 e. The standard InChI is InChI=1S/C31H23N3O2S/c1-20-8-2-6-12-27(20)34-30(36)26(29(35)32-31(34)37)17-24-19-33(28-13-7-5-11-25(24)28)18-21-14-15-22-9-3-4-10-23(22)16-21/h2-17,19H,18H2,1H3,(H,32,35,37)/b26-17+. The van der Waals surface area contributed by atoms with E-state index < -0.39 is 11.8 Å². The molecular formula is C31H23N3O2S. The number of fused-ring (bicyclic) bond motifs is 2. The molecule has 4 aromatic carbocycles. The minimum absolute atomic E-state index is 0.0467. The average molecular weight is 502 g/mol. The molecule has 2 amide bonds. The fourth-order valence-corrected chi connectivity index (χ4v) is 5.17. The zero-order valence-corrected chi connectivity index (χ0v) is 21.0. The van der Waals surface area contributed by atoms with Crippen LogP contribution in [0.25, 0.3) is 27.8 Å². The van der Waals surface area contributed by atoms with Crippen molar-refractivity contribution in [2.45, 2.75) is 13.5 Å². The molecule has 1 aliphatic rings. The van der Waals surface area contributed by atoms with Crippen LogP contribution >= 0.6 is 12.2 Å². The topological polar surface area (TPSA) is 54.3 Å². The molecule has 0 spiro atoms. The molecule has 0 saturated carbocycles. The molecule has 1 aliphatic heterocycles. The summed E-state index contributed by atoms with van der Waals surface area (Å²) in [7, 11) is 0. The van der Waals surface area contributed by atoms with Gasteiger partial charge in [0.15, 0.2) is 5.11 Å². The third-order valence-corrected chi connectivity index (χ3v) is 7.03. The Morgan fingerprint density at radius 2 is 1.59 bits per heavy atom. The van der Waals surface area contributed by atoms with E-state index in [1.807, 2.05) is 67.7 Å². The molecule has 1 saturated heterocycles. The summed E-state index contributed by atoms with van der Waals surface area (Å²) < 4.78 is 2.15. The number of carbonyl (C=O) groups excluding carboxylic acids is 2. The Kier molecular flexibility index (Phi) is 5.66. The molecular weight excluding hydrogens is 478 g/mol. The van der Waals surface area contributed by atoms with E-state index >= 15 is 0 Å². The van der Waals surface area contributed by atoms with Crippen molar-refractivity contribution in [1.82, 2.24) is 9.88 Å². The third-order valence-electron chi connectivity index (χ3n) is 6.74. The lowest BCUT2D eigenvalue weighted by Crippen LogP contribution is -2.54. The first kappa shape index (κ1) is 22.9. The maximum atomic E-state index is 13.6. The van der Waals surface area contributed by atoms with E-state index in [0.717, 1.165) is 22.0 Å². The lowest BCUT2D eigenvalue weighted by molar-refractivity contribution is -0.122. The first-order valence-corrected chi connectivity index (χ1v) is 12.4. The minimum Gasteiger partial charge on any atom is -0.342 e. The van der Waals surface area contributed by atoms with Crippen molar-refractivity contribution in [3.63, 3.8) is 0 Å². The second-order valence-electron chi connectivity index (χ2n) is 9.16. The molecule has 1 aromatic heterocycles. The van der Waals surface area contributed by atoms with Crippen LogP contribution in [0.5, 0.6) is 0 Å². The van der Waals surface area contributed by atoms with Crippen molar-refractivity contribution >= 4 is 62.6 Å². The van der Waals surface area contributed by atoms with Crippen LogP contribution in [0.4, 0.5) is 5.69 Å². The summed E-state index contributed by atoms with van der Waals surface area (Å²) in [5, 5.41) is 6.13. The van der Waals surface area contributed by atoms with Gasteiger partial charge in [-0.25, -0.2) is 0 Å². The number of aromatic nitrogens is 1. The number of nitrogens with zero attached hydrogens (tertiary/aromatic N) is 2. The van der Waals surface area contributed by atoms with Crippen LogP contribution in [0.15, 0.2) is 103 Å². The summed E-state index contributed by atoms with van der Waals surface area (Å²) in [6.07, 6.45) is 3.67. The van der Waals surface area contributed by atoms with Crippen molar-refractivity contribution in [2.75, 3.05) is 4.90 Å². The third kappa shape index (κ3) is 4.11. The number of aryl methyl sites for hydroxylation is 1. The maximum Gasteiger partial charge on any atom is 0.270 e. The lowest BCUT2D eigenvalue weighted by atomic mass is 10.1. The molecule has 6 heteroatoms. The van der Waals surface area contributed by atoms with Gasteiger partial charge in [-0.2, -0.15) is 0 Å².